The van der Waals surface area contributed by atoms with Crippen LogP contribution < -0.4 is 15.5 Å². The molecule has 1 aliphatic heterocycles. The van der Waals surface area contributed by atoms with Gasteiger partial charge in [-0.15, -0.1) is 24.0 Å². The first-order chi connectivity index (χ1) is 10.7. The third-order valence-electron chi connectivity index (χ3n) is 3.58. The molecule has 2 rings (SSSR count). The molecule has 1 aliphatic rings. The second kappa shape index (κ2) is 10.6. The summed E-state index contributed by atoms with van der Waals surface area (Å²) in [4.78, 5) is 17.5. The zero-order valence-electron chi connectivity index (χ0n) is 14.2. The molecule has 2 N–H and O–H groups in total. The second-order valence-electron chi connectivity index (χ2n) is 5.68. The van der Waals surface area contributed by atoms with E-state index in [-0.39, 0.29) is 24.0 Å². The predicted molar refractivity (Wildman–Crippen MR) is 106 cm³/mol. The number of guanidine groups is 1. The van der Waals surface area contributed by atoms with E-state index < -0.39 is 0 Å². The monoisotopic (exact) mass is 433 g/mol. The van der Waals surface area contributed by atoms with Crippen LogP contribution in [0.4, 0.5) is 5.95 Å². The van der Waals surface area contributed by atoms with Gasteiger partial charge < -0.3 is 15.5 Å². The largest absolute Gasteiger partial charge is 0.355 e. The van der Waals surface area contributed by atoms with E-state index in [9.17, 15) is 0 Å². The van der Waals surface area contributed by atoms with E-state index >= 15 is 0 Å². The molecule has 0 unspecified atom stereocenters. The van der Waals surface area contributed by atoms with Crippen LogP contribution in [0.25, 0.3) is 0 Å². The topological polar surface area (TPSA) is 68.7 Å². The zero-order chi connectivity index (χ0) is 15.8. The quantitative estimate of drug-likeness (QED) is 0.407. The van der Waals surface area contributed by atoms with Gasteiger partial charge in [-0.2, -0.15) is 0 Å². The van der Waals surface area contributed by atoms with Crippen LogP contribution in [0.5, 0.6) is 0 Å². The normalized spacial score (nSPS) is 16.2. The van der Waals surface area contributed by atoms with E-state index in [0.717, 1.165) is 51.2 Å². The molecule has 0 aliphatic carbocycles. The van der Waals surface area contributed by atoms with Gasteiger partial charge in [0.1, 0.15) is 0 Å². The minimum absolute atomic E-state index is 0. The first kappa shape index (κ1) is 19.9. The molecule has 0 bridgehead atoms. The number of nitrogens with one attached hydrogen (secondary N) is 2. The van der Waals surface area contributed by atoms with Crippen LogP contribution in [-0.2, 0) is 0 Å². The lowest BCUT2D eigenvalue weighted by atomic mass is 10.3. The Bertz CT molecular complexity index is 458. The van der Waals surface area contributed by atoms with Gasteiger partial charge in [-0.1, -0.05) is 0 Å². The highest BCUT2D eigenvalue weighted by atomic mass is 127. The molecule has 0 amide bonds. The molecule has 1 fully saturated rings. The Kier molecular flexibility index (Phi) is 9.15. The van der Waals surface area contributed by atoms with Gasteiger partial charge in [0, 0.05) is 64.8 Å². The van der Waals surface area contributed by atoms with Crippen molar-refractivity contribution in [3.05, 3.63) is 18.5 Å². The number of halogens is 1. The van der Waals surface area contributed by atoms with Crippen molar-refractivity contribution in [2.75, 3.05) is 51.2 Å². The summed E-state index contributed by atoms with van der Waals surface area (Å²) >= 11 is 0. The van der Waals surface area contributed by atoms with Crippen LogP contribution in [0.1, 0.15) is 13.8 Å². The second-order valence-corrected chi connectivity index (χ2v) is 5.68. The van der Waals surface area contributed by atoms with Gasteiger partial charge >= 0.3 is 0 Å². The third kappa shape index (κ3) is 6.86. The molecular formula is C15H28IN7. The van der Waals surface area contributed by atoms with Gasteiger partial charge in [-0.25, -0.2) is 9.97 Å². The predicted octanol–water partition coefficient (Wildman–Crippen LogP) is 0.790. The van der Waals surface area contributed by atoms with Gasteiger partial charge in [0.2, 0.25) is 5.95 Å². The summed E-state index contributed by atoms with van der Waals surface area (Å²) < 4.78 is 0. The van der Waals surface area contributed by atoms with E-state index in [1.54, 1.807) is 19.4 Å². The molecule has 130 valence electrons. The number of anilines is 1. The van der Waals surface area contributed by atoms with E-state index in [2.05, 4.69) is 49.2 Å². The number of aromatic nitrogens is 2. The smallest absolute Gasteiger partial charge is 0.225 e. The summed E-state index contributed by atoms with van der Waals surface area (Å²) in [5.41, 5.74) is 0. The number of hydrogen-bond donors (Lipinski definition) is 2. The molecule has 0 spiro atoms. The van der Waals surface area contributed by atoms with Crippen molar-refractivity contribution in [1.82, 2.24) is 25.5 Å². The Balaban J connectivity index is 0.00000264. The highest BCUT2D eigenvalue weighted by molar-refractivity contribution is 14.0. The average Bonchev–Trinajstić information content (AvgIpc) is 2.55. The SMILES string of the molecule is CN=C(NCCN1CCN(c2ncccn2)CC1)NC(C)C.I. The van der Waals surface area contributed by atoms with Crippen LogP contribution in [0.3, 0.4) is 0 Å². The maximum absolute atomic E-state index is 4.31. The van der Waals surface area contributed by atoms with Crippen LogP contribution in [-0.4, -0.2) is 73.2 Å². The lowest BCUT2D eigenvalue weighted by Crippen LogP contribution is -2.50. The van der Waals surface area contributed by atoms with Crippen molar-refractivity contribution in [2.24, 2.45) is 4.99 Å². The molecule has 1 saturated heterocycles. The fourth-order valence-corrected chi connectivity index (χ4v) is 2.43. The van der Waals surface area contributed by atoms with Crippen LogP contribution in [0.15, 0.2) is 23.5 Å². The number of hydrogen-bond acceptors (Lipinski definition) is 5. The molecule has 7 nitrogen and oxygen atoms in total. The van der Waals surface area contributed by atoms with Crippen molar-refractivity contribution in [1.29, 1.82) is 0 Å². The van der Waals surface area contributed by atoms with Crippen molar-refractivity contribution in [3.8, 4) is 0 Å². The van der Waals surface area contributed by atoms with Crippen LogP contribution in [0.2, 0.25) is 0 Å². The van der Waals surface area contributed by atoms with E-state index in [1.807, 2.05) is 6.07 Å². The van der Waals surface area contributed by atoms with Crippen molar-refractivity contribution >= 4 is 35.9 Å². The van der Waals surface area contributed by atoms with Crippen molar-refractivity contribution in [3.63, 3.8) is 0 Å². The molecule has 0 aromatic carbocycles. The summed E-state index contributed by atoms with van der Waals surface area (Å²) in [7, 11) is 1.80. The number of piperazine rings is 1. The standard InChI is InChI=1S/C15H27N7.HI/c1-13(2)20-14(16-3)17-7-8-21-9-11-22(12-10-21)15-18-5-4-6-19-15;/h4-6,13H,7-12H2,1-3H3,(H2,16,17,20);1H. The Hall–Kier alpha value is -1.16. The Labute approximate surface area is 156 Å². The Morgan fingerprint density at radius 3 is 2.43 bits per heavy atom. The average molecular weight is 433 g/mol. The molecule has 1 aromatic rings. The minimum Gasteiger partial charge on any atom is -0.355 e. The Morgan fingerprint density at radius 2 is 1.87 bits per heavy atom. The highest BCUT2D eigenvalue weighted by Gasteiger charge is 2.18. The van der Waals surface area contributed by atoms with Crippen LogP contribution >= 0.6 is 24.0 Å². The lowest BCUT2D eigenvalue weighted by molar-refractivity contribution is 0.260. The molecule has 23 heavy (non-hydrogen) atoms. The number of aliphatic imine (C=N–C) groups is 1. The molecule has 8 heteroatoms. The van der Waals surface area contributed by atoms with Crippen molar-refractivity contribution < 1.29 is 0 Å². The fraction of sp³-hybridized carbons (Fsp3) is 0.667. The van der Waals surface area contributed by atoms with Crippen molar-refractivity contribution in [2.45, 2.75) is 19.9 Å². The zero-order valence-corrected chi connectivity index (χ0v) is 16.5. The van der Waals surface area contributed by atoms with Crippen LogP contribution in [0, 0.1) is 0 Å². The summed E-state index contributed by atoms with van der Waals surface area (Å²) in [6.07, 6.45) is 3.60. The van der Waals surface area contributed by atoms with E-state index in [4.69, 9.17) is 0 Å². The fourth-order valence-electron chi connectivity index (χ4n) is 2.43. The van der Waals surface area contributed by atoms with E-state index in [1.165, 1.54) is 0 Å². The van der Waals surface area contributed by atoms with E-state index in [0.29, 0.717) is 6.04 Å². The molecule has 2 heterocycles. The first-order valence-corrected chi connectivity index (χ1v) is 7.90. The summed E-state index contributed by atoms with van der Waals surface area (Å²) in [5.74, 6) is 1.70. The number of nitrogens with zero attached hydrogens (tertiary/aromatic N) is 5. The first-order valence-electron chi connectivity index (χ1n) is 7.90. The summed E-state index contributed by atoms with van der Waals surface area (Å²) in [6.45, 7) is 10.2. The summed E-state index contributed by atoms with van der Waals surface area (Å²) in [6, 6.07) is 2.24. The van der Waals surface area contributed by atoms with Gasteiger partial charge in [-0.05, 0) is 19.9 Å². The van der Waals surface area contributed by atoms with Gasteiger partial charge in [0.25, 0.3) is 0 Å². The molecule has 0 radical (unpaired) electrons. The molecular weight excluding hydrogens is 405 g/mol. The lowest BCUT2D eigenvalue weighted by Gasteiger charge is -2.34. The number of rotatable bonds is 5. The highest BCUT2D eigenvalue weighted by Crippen LogP contribution is 2.08. The minimum atomic E-state index is 0. The molecule has 0 atom stereocenters. The maximum atomic E-state index is 4.31. The molecule has 0 saturated carbocycles. The van der Waals surface area contributed by atoms with Gasteiger partial charge in [0.05, 0.1) is 0 Å². The van der Waals surface area contributed by atoms with Gasteiger partial charge in [0.15, 0.2) is 5.96 Å². The Morgan fingerprint density at radius 1 is 1.22 bits per heavy atom. The molecule has 1 aromatic heterocycles. The third-order valence-corrected chi connectivity index (χ3v) is 3.58. The summed E-state index contributed by atoms with van der Waals surface area (Å²) in [5, 5.41) is 6.64. The van der Waals surface area contributed by atoms with Gasteiger partial charge in [-0.3, -0.25) is 9.89 Å². The maximum Gasteiger partial charge on any atom is 0.225 e.